The van der Waals surface area contributed by atoms with E-state index in [-0.39, 0.29) is 72.5 Å². The Morgan fingerprint density at radius 1 is 0.912 bits per heavy atom. The third-order valence-corrected chi connectivity index (χ3v) is 12.0. The molecule has 1 atom stereocenters. The van der Waals surface area contributed by atoms with Crippen LogP contribution in [0.15, 0.2) is 18.5 Å². The molecule has 2 saturated carbocycles. The number of rotatable bonds is 18. The number of hydrogen-bond donors (Lipinski definition) is 6. The number of anilines is 1. The summed E-state index contributed by atoms with van der Waals surface area (Å²) in [5, 5.41) is 22.1. The molecule has 0 aromatic carbocycles. The van der Waals surface area contributed by atoms with Crippen LogP contribution in [0.5, 0.6) is 0 Å². The van der Waals surface area contributed by atoms with Crippen LogP contribution in [0, 0.1) is 11.7 Å². The molecule has 6 amide bonds. The van der Waals surface area contributed by atoms with Crippen molar-refractivity contribution >= 4 is 52.7 Å². The number of unbranched alkanes of at least 4 members (excludes halogenated alkanes) is 1. The van der Waals surface area contributed by atoms with Crippen molar-refractivity contribution in [3.05, 3.63) is 45.3 Å². The number of halogens is 1. The van der Waals surface area contributed by atoms with Gasteiger partial charge in [0, 0.05) is 48.2 Å². The van der Waals surface area contributed by atoms with E-state index in [4.69, 9.17) is 0 Å². The lowest BCUT2D eigenvalue weighted by atomic mass is 9.91. The zero-order chi connectivity index (χ0) is 40.1. The fourth-order valence-corrected chi connectivity index (χ4v) is 8.52. The van der Waals surface area contributed by atoms with E-state index in [0.717, 1.165) is 72.4 Å². The van der Waals surface area contributed by atoms with Crippen LogP contribution in [0.2, 0.25) is 0 Å². The number of carbonyl (C=O) groups excluding carboxylic acids is 6. The van der Waals surface area contributed by atoms with Crippen LogP contribution in [0.1, 0.15) is 94.8 Å². The van der Waals surface area contributed by atoms with E-state index in [1.165, 1.54) is 19.0 Å². The molecule has 2 aliphatic carbocycles. The molecule has 5 heterocycles. The number of carbonyl (C=O) groups is 6. The van der Waals surface area contributed by atoms with Crippen molar-refractivity contribution in [3.8, 4) is 11.3 Å². The Morgan fingerprint density at radius 2 is 1.67 bits per heavy atom. The van der Waals surface area contributed by atoms with E-state index in [1.54, 1.807) is 12.3 Å². The second-order valence-electron chi connectivity index (χ2n) is 15.2. The molecule has 3 fully saturated rings. The highest BCUT2D eigenvalue weighted by Gasteiger charge is 2.46. The van der Waals surface area contributed by atoms with Crippen molar-refractivity contribution < 1.29 is 33.2 Å². The highest BCUT2D eigenvalue weighted by molar-refractivity contribution is 7.14. The van der Waals surface area contributed by atoms with Crippen molar-refractivity contribution in [2.75, 3.05) is 31.5 Å². The molecule has 57 heavy (non-hydrogen) atoms. The lowest BCUT2D eigenvalue weighted by molar-refractivity contribution is -0.136. The summed E-state index contributed by atoms with van der Waals surface area (Å²) in [6, 6.07) is 0.914. The minimum atomic E-state index is -1.01. The van der Waals surface area contributed by atoms with E-state index < -0.39 is 35.5 Å². The van der Waals surface area contributed by atoms with Gasteiger partial charge in [-0.3, -0.25) is 43.7 Å². The van der Waals surface area contributed by atoms with E-state index in [0.29, 0.717) is 29.8 Å². The number of aryl methyl sites for hydroxylation is 1. The highest BCUT2D eigenvalue weighted by atomic mass is 32.1. The first kappa shape index (κ1) is 40.1. The highest BCUT2D eigenvalue weighted by Crippen LogP contribution is 2.36. The third-order valence-electron chi connectivity index (χ3n) is 10.9. The van der Waals surface area contributed by atoms with Gasteiger partial charge >= 0.3 is 0 Å². The molecule has 0 spiro atoms. The van der Waals surface area contributed by atoms with Crippen molar-refractivity contribution in [1.29, 1.82) is 0 Å². The topological polar surface area (TPSA) is 221 Å². The summed E-state index contributed by atoms with van der Waals surface area (Å²) in [5.74, 6) is -1.97. The van der Waals surface area contributed by atoms with Gasteiger partial charge in [-0.2, -0.15) is 5.10 Å². The van der Waals surface area contributed by atoms with Crippen molar-refractivity contribution in [1.82, 2.24) is 51.2 Å². The largest absolute Gasteiger partial charge is 0.355 e. The second-order valence-corrected chi connectivity index (χ2v) is 16.3. The van der Waals surface area contributed by atoms with Gasteiger partial charge in [0.05, 0.1) is 37.6 Å². The van der Waals surface area contributed by atoms with E-state index >= 15 is 0 Å². The number of imide groups is 2. The van der Waals surface area contributed by atoms with Gasteiger partial charge in [-0.25, -0.2) is 14.4 Å². The molecule has 4 aliphatic rings. The fourth-order valence-electron chi connectivity index (χ4n) is 7.49. The molecule has 3 aromatic rings. The third kappa shape index (κ3) is 9.88. The number of nitrogens with one attached hydrogen (secondary N) is 6. The van der Waals surface area contributed by atoms with Crippen LogP contribution in [0.25, 0.3) is 11.3 Å². The van der Waals surface area contributed by atoms with E-state index in [2.05, 4.69) is 47.0 Å². The molecule has 6 N–H and O–H groups in total. The van der Waals surface area contributed by atoms with Crippen LogP contribution in [0.3, 0.4) is 0 Å². The van der Waals surface area contributed by atoms with Gasteiger partial charge in [0.2, 0.25) is 29.6 Å². The molecule has 19 heteroatoms. The standard InChI is InChI=1S/C38H48FN11O6S/c1-49-29(14-21-4-5-21)26(17-45-49)33-27(39)18-44-38(48-33)46-23-8-6-22(7-9-23)42-20-32(53)41-13-3-2-12-40-19-31(52)43-16-24-15-25-34(57-24)37(56)50(36(25)55)28-10-11-30(51)47-35(28)54/h15,17-18,21-23,28,40,42H,2-14,16,19-20H2,1H3,(H,41,53)(H,43,52)(H,44,46,48)(H,47,51,54)/t22-,23-,28?. The molecule has 3 aromatic heterocycles. The van der Waals surface area contributed by atoms with Gasteiger partial charge in [-0.15, -0.1) is 11.3 Å². The first-order chi connectivity index (χ1) is 27.5. The lowest BCUT2D eigenvalue weighted by Gasteiger charge is -2.29. The number of piperidine rings is 1. The molecule has 7 rings (SSSR count). The van der Waals surface area contributed by atoms with Crippen molar-refractivity contribution in [2.24, 2.45) is 13.0 Å². The van der Waals surface area contributed by atoms with Crippen molar-refractivity contribution in [3.63, 3.8) is 0 Å². The fraction of sp³-hybridized carbons (Fsp3) is 0.553. The van der Waals surface area contributed by atoms with Crippen LogP contribution < -0.4 is 31.9 Å². The Balaban J connectivity index is 0.722. The second kappa shape index (κ2) is 18.0. The van der Waals surface area contributed by atoms with Gasteiger partial charge in [0.15, 0.2) is 5.82 Å². The van der Waals surface area contributed by atoms with Gasteiger partial charge in [0.25, 0.3) is 11.8 Å². The molecule has 1 saturated heterocycles. The van der Waals surface area contributed by atoms with Crippen LogP contribution in [0.4, 0.5) is 10.3 Å². The zero-order valence-corrected chi connectivity index (χ0v) is 32.6. The first-order valence-corrected chi connectivity index (χ1v) is 20.5. The average Bonchev–Trinajstić information content (AvgIpc) is 3.73. The SMILES string of the molecule is Cn1ncc(-c2nc(N[C@H]3CC[C@H](NCC(=O)NCCCCNCC(=O)NCc4cc5c(s4)C(=O)N(C4CCC(=O)NC4=O)C5=O)CC3)ncc2F)c1CC1CC1. The zero-order valence-electron chi connectivity index (χ0n) is 31.8. The molecule has 304 valence electrons. The average molecular weight is 806 g/mol. The number of aromatic nitrogens is 4. The number of amides is 6. The number of fused-ring (bicyclic) bond motifs is 1. The summed E-state index contributed by atoms with van der Waals surface area (Å²) in [6.45, 7) is 1.57. The van der Waals surface area contributed by atoms with Gasteiger partial charge < -0.3 is 26.6 Å². The number of thiophene rings is 1. The van der Waals surface area contributed by atoms with Crippen molar-refractivity contribution in [2.45, 2.75) is 95.3 Å². The Bertz CT molecular complexity index is 1990. The summed E-state index contributed by atoms with van der Waals surface area (Å²) in [5.41, 5.74) is 2.19. The summed E-state index contributed by atoms with van der Waals surface area (Å²) in [7, 11) is 1.88. The number of nitrogens with zero attached hydrogens (tertiary/aromatic N) is 5. The van der Waals surface area contributed by atoms with Crippen LogP contribution >= 0.6 is 11.3 Å². The summed E-state index contributed by atoms with van der Waals surface area (Å²) in [4.78, 5) is 84.8. The summed E-state index contributed by atoms with van der Waals surface area (Å²) >= 11 is 1.10. The Labute approximate surface area is 332 Å². The minimum Gasteiger partial charge on any atom is -0.355 e. The lowest BCUT2D eigenvalue weighted by Crippen LogP contribution is -2.54. The Morgan fingerprint density at radius 3 is 2.42 bits per heavy atom. The molecule has 17 nitrogen and oxygen atoms in total. The minimum absolute atomic E-state index is 0.0543. The normalized spacial score (nSPS) is 20.7. The van der Waals surface area contributed by atoms with E-state index in [9.17, 15) is 33.2 Å². The first-order valence-electron chi connectivity index (χ1n) is 19.7. The molecular formula is C38H48FN11O6S. The molecule has 2 aliphatic heterocycles. The van der Waals surface area contributed by atoms with Gasteiger partial charge in [-0.1, -0.05) is 0 Å². The maximum atomic E-state index is 14.8. The maximum absolute atomic E-state index is 14.8. The molecular weight excluding hydrogens is 758 g/mol. The monoisotopic (exact) mass is 805 g/mol. The molecule has 1 unspecified atom stereocenters. The smallest absolute Gasteiger partial charge is 0.272 e. The van der Waals surface area contributed by atoms with Crippen LogP contribution in [-0.4, -0.2) is 104 Å². The molecule has 0 radical (unpaired) electrons. The predicted octanol–water partition coefficient (Wildman–Crippen LogP) is 1.55. The predicted molar refractivity (Wildman–Crippen MR) is 206 cm³/mol. The number of hydrogen-bond acceptors (Lipinski definition) is 13. The van der Waals surface area contributed by atoms with Gasteiger partial charge in [0.1, 0.15) is 16.6 Å². The van der Waals surface area contributed by atoms with Gasteiger partial charge in [-0.05, 0) is 82.7 Å². The van der Waals surface area contributed by atoms with E-state index in [1.807, 2.05) is 11.7 Å². The maximum Gasteiger partial charge on any atom is 0.272 e. The Kier molecular flexibility index (Phi) is 12.6. The summed E-state index contributed by atoms with van der Waals surface area (Å²) < 4.78 is 16.6. The molecule has 0 bridgehead atoms. The Hall–Kier alpha value is -5.14. The van der Waals surface area contributed by atoms with Crippen LogP contribution in [-0.2, 0) is 39.2 Å². The summed E-state index contributed by atoms with van der Waals surface area (Å²) in [6.07, 6.45) is 11.3. The quantitative estimate of drug-likeness (QED) is 0.0797.